The fourth-order valence-corrected chi connectivity index (χ4v) is 3.01. The highest BCUT2D eigenvalue weighted by molar-refractivity contribution is 5.74. The highest BCUT2D eigenvalue weighted by atomic mass is 16.2. The Balaban J connectivity index is 2.77. The van der Waals surface area contributed by atoms with Crippen molar-refractivity contribution in [1.29, 1.82) is 0 Å². The van der Waals surface area contributed by atoms with Crippen LogP contribution in [0.1, 0.15) is 59.3 Å². The number of carbonyl (C=O) groups is 1. The number of hydrogen-bond acceptors (Lipinski definition) is 1. The van der Waals surface area contributed by atoms with Crippen molar-refractivity contribution in [2.24, 2.45) is 0 Å². The molecule has 14 heavy (non-hydrogen) atoms. The fraction of sp³-hybridized carbons (Fsp3) is 0.917. The molecule has 0 saturated carbocycles. The first-order chi connectivity index (χ1) is 6.66. The topological polar surface area (TPSA) is 20.3 Å². The van der Waals surface area contributed by atoms with Crippen LogP contribution in [0.4, 0.5) is 0 Å². The second-order valence-electron chi connectivity index (χ2n) is 4.50. The summed E-state index contributed by atoms with van der Waals surface area (Å²) in [7, 11) is 0. The van der Waals surface area contributed by atoms with Crippen LogP contribution in [-0.4, -0.2) is 22.9 Å². The molecule has 1 rings (SSSR count). The Kier molecular flexibility index (Phi) is 3.97. The average molecular weight is 197 g/mol. The SMILES string of the molecule is CCCC1(CCC)CCCN1C(C)=O. The molecule has 0 bridgehead atoms. The summed E-state index contributed by atoms with van der Waals surface area (Å²) in [5.41, 5.74) is 0.218. The van der Waals surface area contributed by atoms with E-state index in [9.17, 15) is 4.79 Å². The molecule has 2 nitrogen and oxygen atoms in total. The van der Waals surface area contributed by atoms with Gasteiger partial charge in [-0.2, -0.15) is 0 Å². The molecule has 82 valence electrons. The van der Waals surface area contributed by atoms with Gasteiger partial charge in [-0.05, 0) is 25.7 Å². The van der Waals surface area contributed by atoms with Gasteiger partial charge in [0, 0.05) is 19.0 Å². The molecule has 0 spiro atoms. The van der Waals surface area contributed by atoms with Gasteiger partial charge in [-0.3, -0.25) is 4.79 Å². The van der Waals surface area contributed by atoms with Crippen molar-refractivity contribution in [3.63, 3.8) is 0 Å². The lowest BCUT2D eigenvalue weighted by Gasteiger charge is -2.38. The molecule has 1 heterocycles. The number of amides is 1. The average Bonchev–Trinajstić information content (AvgIpc) is 2.50. The van der Waals surface area contributed by atoms with E-state index in [1.54, 1.807) is 6.92 Å². The van der Waals surface area contributed by atoms with Gasteiger partial charge in [0.2, 0.25) is 5.91 Å². The van der Waals surface area contributed by atoms with Crippen LogP contribution in [0.15, 0.2) is 0 Å². The normalized spacial score (nSPS) is 20.1. The third-order valence-corrected chi connectivity index (χ3v) is 3.41. The van der Waals surface area contributed by atoms with Crippen LogP contribution in [0.25, 0.3) is 0 Å². The lowest BCUT2D eigenvalue weighted by Crippen LogP contribution is -2.46. The third kappa shape index (κ3) is 2.10. The van der Waals surface area contributed by atoms with E-state index in [1.807, 2.05) is 0 Å². The summed E-state index contributed by atoms with van der Waals surface area (Å²) < 4.78 is 0. The Bertz CT molecular complexity index is 194. The monoisotopic (exact) mass is 197 g/mol. The van der Waals surface area contributed by atoms with Crippen LogP contribution < -0.4 is 0 Å². The molecule has 1 saturated heterocycles. The molecule has 2 heteroatoms. The Morgan fingerprint density at radius 2 is 1.86 bits per heavy atom. The van der Waals surface area contributed by atoms with Crippen molar-refractivity contribution in [3.8, 4) is 0 Å². The summed E-state index contributed by atoms with van der Waals surface area (Å²) in [6.07, 6.45) is 7.14. The van der Waals surface area contributed by atoms with Gasteiger partial charge in [-0.25, -0.2) is 0 Å². The first kappa shape index (κ1) is 11.5. The minimum absolute atomic E-state index is 0.218. The summed E-state index contributed by atoms with van der Waals surface area (Å²) in [5, 5.41) is 0. The van der Waals surface area contributed by atoms with Gasteiger partial charge in [0.25, 0.3) is 0 Å². The molecule has 0 aromatic carbocycles. The van der Waals surface area contributed by atoms with Crippen LogP contribution >= 0.6 is 0 Å². The highest BCUT2D eigenvalue weighted by Gasteiger charge is 2.40. The molecule has 0 aromatic heterocycles. The Morgan fingerprint density at radius 1 is 1.29 bits per heavy atom. The molecule has 1 fully saturated rings. The summed E-state index contributed by atoms with van der Waals surface area (Å²) in [4.78, 5) is 13.7. The minimum Gasteiger partial charge on any atom is -0.337 e. The van der Waals surface area contributed by atoms with E-state index < -0.39 is 0 Å². The lowest BCUT2D eigenvalue weighted by atomic mass is 9.86. The molecule has 0 atom stereocenters. The molecule has 0 aliphatic carbocycles. The summed E-state index contributed by atoms with van der Waals surface area (Å²) >= 11 is 0. The molecular formula is C12H23NO. The van der Waals surface area contributed by atoms with E-state index in [0.29, 0.717) is 0 Å². The Hall–Kier alpha value is -0.530. The van der Waals surface area contributed by atoms with Crippen LogP contribution in [0.2, 0.25) is 0 Å². The molecule has 0 radical (unpaired) electrons. The molecule has 0 aromatic rings. The largest absolute Gasteiger partial charge is 0.337 e. The zero-order valence-electron chi connectivity index (χ0n) is 9.81. The molecule has 0 unspecified atom stereocenters. The second kappa shape index (κ2) is 4.81. The second-order valence-corrected chi connectivity index (χ2v) is 4.50. The molecule has 1 aliphatic heterocycles. The number of likely N-dealkylation sites (tertiary alicyclic amines) is 1. The van der Waals surface area contributed by atoms with Gasteiger partial charge in [-0.15, -0.1) is 0 Å². The summed E-state index contributed by atoms with van der Waals surface area (Å²) in [5.74, 6) is 0.268. The lowest BCUT2D eigenvalue weighted by molar-refractivity contribution is -0.133. The predicted octanol–water partition coefficient (Wildman–Crippen LogP) is 2.97. The van der Waals surface area contributed by atoms with Crippen molar-refractivity contribution in [1.82, 2.24) is 4.90 Å². The molecule has 1 aliphatic rings. The summed E-state index contributed by atoms with van der Waals surface area (Å²) in [6, 6.07) is 0. The predicted molar refractivity (Wildman–Crippen MR) is 59.2 cm³/mol. The van der Waals surface area contributed by atoms with E-state index in [2.05, 4.69) is 18.7 Å². The molecule has 1 amide bonds. The number of rotatable bonds is 4. The van der Waals surface area contributed by atoms with E-state index >= 15 is 0 Å². The van der Waals surface area contributed by atoms with Gasteiger partial charge < -0.3 is 4.90 Å². The van der Waals surface area contributed by atoms with Crippen LogP contribution in [0, 0.1) is 0 Å². The van der Waals surface area contributed by atoms with Crippen molar-refractivity contribution in [3.05, 3.63) is 0 Å². The van der Waals surface area contributed by atoms with Gasteiger partial charge in [-0.1, -0.05) is 26.7 Å². The maximum Gasteiger partial charge on any atom is 0.219 e. The smallest absolute Gasteiger partial charge is 0.219 e. The highest BCUT2D eigenvalue weighted by Crippen LogP contribution is 2.37. The van der Waals surface area contributed by atoms with E-state index in [4.69, 9.17) is 0 Å². The number of hydrogen-bond donors (Lipinski definition) is 0. The van der Waals surface area contributed by atoms with E-state index in [1.165, 1.54) is 38.5 Å². The molecular weight excluding hydrogens is 174 g/mol. The first-order valence-electron chi connectivity index (χ1n) is 5.94. The van der Waals surface area contributed by atoms with E-state index in [-0.39, 0.29) is 11.4 Å². The van der Waals surface area contributed by atoms with E-state index in [0.717, 1.165) is 6.54 Å². The maximum atomic E-state index is 11.5. The fourth-order valence-electron chi connectivity index (χ4n) is 3.01. The first-order valence-corrected chi connectivity index (χ1v) is 5.94. The standard InChI is InChI=1S/C12H23NO/c1-4-7-12(8-5-2)9-6-10-13(12)11(3)14/h4-10H2,1-3H3. The van der Waals surface area contributed by atoms with Crippen molar-refractivity contribution in [2.75, 3.05) is 6.54 Å². The number of carbonyl (C=O) groups excluding carboxylic acids is 1. The minimum atomic E-state index is 0.218. The Morgan fingerprint density at radius 3 is 2.29 bits per heavy atom. The van der Waals surface area contributed by atoms with Crippen molar-refractivity contribution < 1.29 is 4.79 Å². The van der Waals surface area contributed by atoms with Gasteiger partial charge in [0.05, 0.1) is 0 Å². The van der Waals surface area contributed by atoms with Gasteiger partial charge in [0.15, 0.2) is 0 Å². The van der Waals surface area contributed by atoms with Crippen molar-refractivity contribution >= 4 is 5.91 Å². The third-order valence-electron chi connectivity index (χ3n) is 3.41. The maximum absolute atomic E-state index is 11.5. The Labute approximate surface area is 87.7 Å². The number of nitrogens with zero attached hydrogens (tertiary/aromatic N) is 1. The summed E-state index contributed by atoms with van der Waals surface area (Å²) in [6.45, 7) is 7.13. The molecule has 0 N–H and O–H groups in total. The van der Waals surface area contributed by atoms with Gasteiger partial charge in [0.1, 0.15) is 0 Å². The zero-order valence-corrected chi connectivity index (χ0v) is 9.81. The van der Waals surface area contributed by atoms with Crippen molar-refractivity contribution in [2.45, 2.75) is 64.8 Å². The quantitative estimate of drug-likeness (QED) is 0.678. The zero-order chi connectivity index (χ0) is 10.6. The van der Waals surface area contributed by atoms with Crippen LogP contribution in [0.5, 0.6) is 0 Å². The van der Waals surface area contributed by atoms with Crippen LogP contribution in [0.3, 0.4) is 0 Å². The van der Waals surface area contributed by atoms with Gasteiger partial charge >= 0.3 is 0 Å². The van der Waals surface area contributed by atoms with Crippen LogP contribution in [-0.2, 0) is 4.79 Å².